The summed E-state index contributed by atoms with van der Waals surface area (Å²) in [4.78, 5) is 28.6. The van der Waals surface area contributed by atoms with Crippen molar-refractivity contribution in [3.05, 3.63) is 81.7 Å². The van der Waals surface area contributed by atoms with E-state index in [0.717, 1.165) is 35.6 Å². The molecule has 1 amide bonds. The van der Waals surface area contributed by atoms with Gasteiger partial charge in [0, 0.05) is 18.0 Å². The average molecular weight is 420 g/mol. The molecule has 2 aliphatic heterocycles. The summed E-state index contributed by atoms with van der Waals surface area (Å²) in [5, 5.41) is 7.45. The number of thiophene rings is 1. The van der Waals surface area contributed by atoms with Crippen LogP contribution >= 0.6 is 11.3 Å². The molecular weight excluding hydrogens is 398 g/mol. The fourth-order valence-corrected chi connectivity index (χ4v) is 5.23. The van der Waals surface area contributed by atoms with Gasteiger partial charge in [-0.2, -0.15) is 0 Å². The van der Waals surface area contributed by atoms with Crippen LogP contribution in [0.25, 0.3) is 0 Å². The van der Waals surface area contributed by atoms with Crippen LogP contribution in [-0.2, 0) is 13.0 Å². The van der Waals surface area contributed by atoms with Crippen LogP contribution in [0.5, 0.6) is 5.75 Å². The molecule has 0 aliphatic carbocycles. The quantitative estimate of drug-likeness (QED) is 0.499. The second kappa shape index (κ2) is 7.59. The smallest absolute Gasteiger partial charge is 0.343 e. The minimum atomic E-state index is -0.397. The van der Waals surface area contributed by atoms with Gasteiger partial charge in [0.2, 0.25) is 0 Å². The van der Waals surface area contributed by atoms with Gasteiger partial charge in [-0.25, -0.2) is 4.79 Å². The number of hydrogen-bond donors (Lipinski definition) is 2. The summed E-state index contributed by atoms with van der Waals surface area (Å²) in [6.07, 6.45) is 0.584. The van der Waals surface area contributed by atoms with Crippen LogP contribution in [0.2, 0.25) is 0 Å². The first-order chi connectivity index (χ1) is 14.6. The van der Waals surface area contributed by atoms with E-state index in [1.165, 1.54) is 10.4 Å². The number of fused-ring (bicyclic) bond motifs is 3. The van der Waals surface area contributed by atoms with E-state index in [0.29, 0.717) is 11.3 Å². The number of nitrogens with one attached hydrogen (secondary N) is 2. The largest absolute Gasteiger partial charge is 0.423 e. The first kappa shape index (κ1) is 18.8. The van der Waals surface area contributed by atoms with Crippen molar-refractivity contribution in [1.82, 2.24) is 10.2 Å². The highest BCUT2D eigenvalue weighted by atomic mass is 32.1. The normalized spacial score (nSPS) is 18.0. The molecule has 0 saturated carbocycles. The van der Waals surface area contributed by atoms with Crippen molar-refractivity contribution in [1.29, 1.82) is 0 Å². The van der Waals surface area contributed by atoms with Crippen molar-refractivity contribution in [2.24, 2.45) is 0 Å². The molecule has 0 spiro atoms. The van der Waals surface area contributed by atoms with E-state index < -0.39 is 5.97 Å². The number of esters is 1. The van der Waals surface area contributed by atoms with Gasteiger partial charge >= 0.3 is 5.97 Å². The lowest BCUT2D eigenvalue weighted by Crippen LogP contribution is -2.38. The number of carbonyl (C=O) groups excluding carboxylic acids is 2. The molecule has 7 heteroatoms. The molecule has 30 heavy (non-hydrogen) atoms. The monoisotopic (exact) mass is 419 g/mol. The summed E-state index contributed by atoms with van der Waals surface area (Å²) in [6, 6.07) is 16.1. The summed E-state index contributed by atoms with van der Waals surface area (Å²) in [7, 11) is 2.10. The lowest BCUT2D eigenvalue weighted by atomic mass is 10.0. The van der Waals surface area contributed by atoms with E-state index in [1.807, 2.05) is 18.2 Å². The molecule has 152 valence electrons. The number of anilines is 1. The van der Waals surface area contributed by atoms with Gasteiger partial charge in [0.15, 0.2) is 0 Å². The summed E-state index contributed by atoms with van der Waals surface area (Å²) < 4.78 is 5.44. The molecule has 1 aromatic heterocycles. The molecule has 0 fully saturated rings. The van der Waals surface area contributed by atoms with Crippen LogP contribution in [0, 0.1) is 0 Å². The van der Waals surface area contributed by atoms with Crippen LogP contribution in [0.3, 0.4) is 0 Å². The Bertz CT molecular complexity index is 1110. The van der Waals surface area contributed by atoms with Crippen LogP contribution in [-0.4, -0.2) is 30.4 Å². The minimum absolute atomic E-state index is 0.0321. The Labute approximate surface area is 178 Å². The fourth-order valence-electron chi connectivity index (χ4n) is 3.88. The highest BCUT2D eigenvalue weighted by Crippen LogP contribution is 2.40. The Hall–Kier alpha value is -3.16. The lowest BCUT2D eigenvalue weighted by molar-refractivity contribution is 0.0734. The number of rotatable bonds is 3. The number of amides is 1. The first-order valence-electron chi connectivity index (χ1n) is 9.86. The van der Waals surface area contributed by atoms with Gasteiger partial charge in [-0.1, -0.05) is 30.3 Å². The highest BCUT2D eigenvalue weighted by Gasteiger charge is 2.32. The van der Waals surface area contributed by atoms with Gasteiger partial charge in [0.25, 0.3) is 5.91 Å². The Kier molecular flexibility index (Phi) is 4.77. The van der Waals surface area contributed by atoms with E-state index >= 15 is 0 Å². The van der Waals surface area contributed by atoms with Crippen molar-refractivity contribution in [2.45, 2.75) is 19.1 Å². The molecule has 0 saturated heterocycles. The molecule has 2 N–H and O–H groups in total. The summed E-state index contributed by atoms with van der Waals surface area (Å²) in [6.45, 7) is 1.85. The van der Waals surface area contributed by atoms with Gasteiger partial charge < -0.3 is 20.3 Å². The zero-order chi connectivity index (χ0) is 20.7. The van der Waals surface area contributed by atoms with E-state index in [1.54, 1.807) is 47.7 Å². The first-order valence-corrected chi connectivity index (χ1v) is 10.7. The number of carbonyl (C=O) groups is 2. The van der Waals surface area contributed by atoms with E-state index in [9.17, 15) is 9.59 Å². The van der Waals surface area contributed by atoms with Crippen LogP contribution in [0.15, 0.2) is 54.6 Å². The SMILES string of the molecule is CN1CCc2c(sc3c2C(=O)NC(c2ccc(OC(=O)c4ccccc4)cc2)N3)C1. The lowest BCUT2D eigenvalue weighted by Gasteiger charge is -2.27. The van der Waals surface area contributed by atoms with Crippen molar-refractivity contribution in [3.8, 4) is 5.75 Å². The Morgan fingerprint density at radius 3 is 2.63 bits per heavy atom. The number of benzene rings is 2. The van der Waals surface area contributed by atoms with Crippen LogP contribution in [0.1, 0.15) is 42.9 Å². The van der Waals surface area contributed by atoms with Crippen LogP contribution < -0.4 is 15.4 Å². The Morgan fingerprint density at radius 1 is 1.10 bits per heavy atom. The summed E-state index contributed by atoms with van der Waals surface area (Å²) in [5.74, 6) is 0.0339. The third kappa shape index (κ3) is 3.46. The molecule has 0 radical (unpaired) electrons. The molecule has 2 aromatic carbocycles. The highest BCUT2D eigenvalue weighted by molar-refractivity contribution is 7.16. The second-order valence-electron chi connectivity index (χ2n) is 7.57. The predicted octanol–water partition coefficient (Wildman–Crippen LogP) is 3.81. The van der Waals surface area contributed by atoms with E-state index in [-0.39, 0.29) is 12.1 Å². The van der Waals surface area contributed by atoms with Gasteiger partial charge in [0.05, 0.1) is 11.1 Å². The van der Waals surface area contributed by atoms with E-state index in [2.05, 4.69) is 22.6 Å². The van der Waals surface area contributed by atoms with Gasteiger partial charge in [0.1, 0.15) is 16.9 Å². The Morgan fingerprint density at radius 2 is 1.87 bits per heavy atom. The molecule has 3 heterocycles. The van der Waals surface area contributed by atoms with Crippen molar-refractivity contribution in [2.75, 3.05) is 18.9 Å². The zero-order valence-corrected chi connectivity index (χ0v) is 17.3. The maximum atomic E-state index is 12.8. The zero-order valence-electron chi connectivity index (χ0n) is 16.5. The number of ether oxygens (including phenoxy) is 1. The third-order valence-corrected chi connectivity index (χ3v) is 6.61. The number of likely N-dealkylation sites (N-methyl/N-ethyl adjacent to an activating group) is 1. The van der Waals surface area contributed by atoms with Crippen molar-refractivity contribution >= 4 is 28.2 Å². The molecule has 6 nitrogen and oxygen atoms in total. The molecule has 1 unspecified atom stereocenters. The molecular formula is C23H21N3O3S. The molecule has 2 aliphatic rings. The van der Waals surface area contributed by atoms with Crippen molar-refractivity contribution in [3.63, 3.8) is 0 Å². The van der Waals surface area contributed by atoms with Gasteiger partial charge in [-0.3, -0.25) is 4.79 Å². The van der Waals surface area contributed by atoms with Gasteiger partial charge in [-0.15, -0.1) is 11.3 Å². The van der Waals surface area contributed by atoms with Crippen LogP contribution in [0.4, 0.5) is 5.00 Å². The average Bonchev–Trinajstić information content (AvgIpc) is 3.12. The predicted molar refractivity (Wildman–Crippen MR) is 116 cm³/mol. The molecule has 3 aromatic rings. The van der Waals surface area contributed by atoms with Crippen molar-refractivity contribution < 1.29 is 14.3 Å². The van der Waals surface area contributed by atoms with E-state index in [4.69, 9.17) is 4.74 Å². The number of nitrogens with zero attached hydrogens (tertiary/aromatic N) is 1. The molecule has 5 rings (SSSR count). The maximum absolute atomic E-state index is 12.8. The fraction of sp³-hybridized carbons (Fsp3) is 0.217. The second-order valence-corrected chi connectivity index (χ2v) is 8.68. The minimum Gasteiger partial charge on any atom is -0.423 e. The third-order valence-electron chi connectivity index (χ3n) is 5.46. The van der Waals surface area contributed by atoms with Gasteiger partial charge in [-0.05, 0) is 48.9 Å². The maximum Gasteiger partial charge on any atom is 0.343 e. The standard InChI is InChI=1S/C23H21N3O3S/c1-26-12-11-17-18(13-26)30-22-19(17)21(27)24-20(25-22)14-7-9-16(10-8-14)29-23(28)15-5-3-2-4-6-15/h2-10,20,25H,11-13H2,1H3,(H,24,27). The summed E-state index contributed by atoms with van der Waals surface area (Å²) in [5.41, 5.74) is 3.38. The molecule has 1 atom stereocenters. The Balaban J connectivity index is 1.32. The molecule has 0 bridgehead atoms. The number of hydrogen-bond acceptors (Lipinski definition) is 6. The topological polar surface area (TPSA) is 70.7 Å². The summed E-state index contributed by atoms with van der Waals surface area (Å²) >= 11 is 1.67.